The van der Waals surface area contributed by atoms with Gasteiger partial charge in [0.25, 0.3) is 5.69 Å². The molecule has 14 heavy (non-hydrogen) atoms. The molecule has 1 aromatic rings. The largest absolute Gasteiger partial charge is 0.474 e. The standard InChI is InChI=1S/C8H7N3O3/c12-11(13)6-2-1-3-9-7(6)8-10-4-5-14-8/h1-3H,4-5H2. The molecule has 0 unspecified atom stereocenters. The molecule has 0 bridgehead atoms. The van der Waals surface area contributed by atoms with E-state index in [2.05, 4.69) is 9.98 Å². The van der Waals surface area contributed by atoms with E-state index in [-0.39, 0.29) is 17.3 Å². The molecule has 2 rings (SSSR count). The zero-order chi connectivity index (χ0) is 9.97. The van der Waals surface area contributed by atoms with Crippen molar-refractivity contribution < 1.29 is 9.66 Å². The summed E-state index contributed by atoms with van der Waals surface area (Å²) in [4.78, 5) is 18.0. The highest BCUT2D eigenvalue weighted by Gasteiger charge is 2.22. The van der Waals surface area contributed by atoms with Crippen LogP contribution in [0.3, 0.4) is 0 Å². The molecule has 0 amide bonds. The fraction of sp³-hybridized carbons (Fsp3) is 0.250. The normalized spacial score (nSPS) is 14.7. The van der Waals surface area contributed by atoms with Crippen LogP contribution in [-0.2, 0) is 4.74 Å². The molecule has 0 fully saturated rings. The van der Waals surface area contributed by atoms with E-state index < -0.39 is 4.92 Å². The van der Waals surface area contributed by atoms with Crippen LogP contribution >= 0.6 is 0 Å². The number of hydrogen-bond acceptors (Lipinski definition) is 5. The van der Waals surface area contributed by atoms with Crippen molar-refractivity contribution in [3.05, 3.63) is 34.1 Å². The number of rotatable bonds is 2. The number of ether oxygens (including phenoxy) is 1. The molecule has 6 heteroatoms. The summed E-state index contributed by atoms with van der Waals surface area (Å²) in [6, 6.07) is 2.89. The van der Waals surface area contributed by atoms with Gasteiger partial charge in [-0.2, -0.15) is 0 Å². The first-order valence-corrected chi connectivity index (χ1v) is 4.06. The fourth-order valence-electron chi connectivity index (χ4n) is 1.19. The molecule has 6 nitrogen and oxygen atoms in total. The van der Waals surface area contributed by atoms with E-state index in [0.29, 0.717) is 13.2 Å². The average molecular weight is 193 g/mol. The van der Waals surface area contributed by atoms with Gasteiger partial charge in [0.05, 0.1) is 11.5 Å². The predicted molar refractivity (Wildman–Crippen MR) is 48.2 cm³/mol. The minimum atomic E-state index is -0.494. The molecular weight excluding hydrogens is 186 g/mol. The quantitative estimate of drug-likeness (QED) is 0.513. The van der Waals surface area contributed by atoms with Crippen LogP contribution < -0.4 is 0 Å². The van der Waals surface area contributed by atoms with Crippen LogP contribution in [0.2, 0.25) is 0 Å². The van der Waals surface area contributed by atoms with Crippen LogP contribution in [0.5, 0.6) is 0 Å². The van der Waals surface area contributed by atoms with Crippen LogP contribution in [0.4, 0.5) is 5.69 Å². The number of aromatic nitrogens is 1. The van der Waals surface area contributed by atoms with Crippen molar-refractivity contribution >= 4 is 11.6 Å². The van der Waals surface area contributed by atoms with Crippen molar-refractivity contribution in [2.75, 3.05) is 13.2 Å². The molecule has 1 aliphatic heterocycles. The van der Waals surface area contributed by atoms with Gasteiger partial charge >= 0.3 is 0 Å². The lowest BCUT2D eigenvalue weighted by Gasteiger charge is -2.00. The maximum atomic E-state index is 10.6. The third-order valence-corrected chi connectivity index (χ3v) is 1.77. The highest BCUT2D eigenvalue weighted by Crippen LogP contribution is 2.17. The van der Waals surface area contributed by atoms with Gasteiger partial charge in [0.15, 0.2) is 0 Å². The second-order valence-electron chi connectivity index (χ2n) is 2.66. The predicted octanol–water partition coefficient (Wildman–Crippen LogP) is 0.767. The van der Waals surface area contributed by atoms with Gasteiger partial charge in [-0.25, -0.2) is 9.98 Å². The van der Waals surface area contributed by atoms with Crippen molar-refractivity contribution in [2.45, 2.75) is 0 Å². The summed E-state index contributed by atoms with van der Waals surface area (Å²) in [5.41, 5.74) is 0.128. The Kier molecular flexibility index (Phi) is 2.10. The van der Waals surface area contributed by atoms with Crippen LogP contribution in [0.1, 0.15) is 5.69 Å². The summed E-state index contributed by atoms with van der Waals surface area (Å²) in [6.45, 7) is 0.992. The van der Waals surface area contributed by atoms with Gasteiger partial charge in [0, 0.05) is 12.3 Å². The SMILES string of the molecule is O=[N+]([O-])c1cccnc1C1=NCCO1. The number of hydrogen-bond donors (Lipinski definition) is 0. The topological polar surface area (TPSA) is 77.6 Å². The van der Waals surface area contributed by atoms with Crippen molar-refractivity contribution in [2.24, 2.45) is 4.99 Å². The van der Waals surface area contributed by atoms with Gasteiger partial charge < -0.3 is 4.74 Å². The molecule has 2 heterocycles. The van der Waals surface area contributed by atoms with E-state index in [1.807, 2.05) is 0 Å². The Morgan fingerprint density at radius 1 is 1.57 bits per heavy atom. The molecule has 0 atom stereocenters. The molecule has 1 aliphatic rings. The molecule has 0 saturated carbocycles. The summed E-state index contributed by atoms with van der Waals surface area (Å²) in [6.07, 6.45) is 1.48. The zero-order valence-corrected chi connectivity index (χ0v) is 7.21. The first kappa shape index (κ1) is 8.61. The summed E-state index contributed by atoms with van der Waals surface area (Å²) in [7, 11) is 0. The van der Waals surface area contributed by atoms with Gasteiger partial charge in [-0.05, 0) is 6.07 Å². The lowest BCUT2D eigenvalue weighted by Crippen LogP contribution is -2.07. The number of nitro groups is 1. The first-order chi connectivity index (χ1) is 6.79. The summed E-state index contributed by atoms with van der Waals surface area (Å²) < 4.78 is 5.11. The van der Waals surface area contributed by atoms with Gasteiger partial charge in [-0.15, -0.1) is 0 Å². The van der Waals surface area contributed by atoms with Crippen LogP contribution in [-0.4, -0.2) is 29.0 Å². The molecule has 0 saturated heterocycles. The second kappa shape index (κ2) is 3.41. The van der Waals surface area contributed by atoms with E-state index >= 15 is 0 Å². The lowest BCUT2D eigenvalue weighted by atomic mass is 10.3. The maximum Gasteiger partial charge on any atom is 0.300 e. The highest BCUT2D eigenvalue weighted by molar-refractivity contribution is 5.96. The Bertz CT molecular complexity index is 403. The summed E-state index contributed by atoms with van der Waals surface area (Å²) in [5, 5.41) is 10.6. The van der Waals surface area contributed by atoms with Crippen molar-refractivity contribution in [3.8, 4) is 0 Å². The minimum absolute atomic E-state index is 0.0758. The molecule has 72 valence electrons. The second-order valence-corrected chi connectivity index (χ2v) is 2.66. The van der Waals surface area contributed by atoms with Gasteiger partial charge in [-0.1, -0.05) is 0 Å². The molecule has 0 aromatic carbocycles. The van der Waals surface area contributed by atoms with E-state index in [4.69, 9.17) is 4.74 Å². The molecule has 1 aromatic heterocycles. The van der Waals surface area contributed by atoms with Gasteiger partial charge in [0.2, 0.25) is 11.6 Å². The van der Waals surface area contributed by atoms with Gasteiger partial charge in [0.1, 0.15) is 6.61 Å². The Morgan fingerprint density at radius 2 is 2.43 bits per heavy atom. The summed E-state index contributed by atoms with van der Waals surface area (Å²) in [5.74, 6) is 0.261. The number of pyridine rings is 1. The van der Waals surface area contributed by atoms with E-state index in [0.717, 1.165) is 0 Å². The lowest BCUT2D eigenvalue weighted by molar-refractivity contribution is -0.385. The third-order valence-electron chi connectivity index (χ3n) is 1.77. The Hall–Kier alpha value is -1.98. The fourth-order valence-corrected chi connectivity index (χ4v) is 1.19. The minimum Gasteiger partial charge on any atom is -0.474 e. The van der Waals surface area contributed by atoms with Crippen LogP contribution in [0.15, 0.2) is 23.3 Å². The highest BCUT2D eigenvalue weighted by atomic mass is 16.6. The van der Waals surface area contributed by atoms with E-state index in [1.165, 1.54) is 18.3 Å². The first-order valence-electron chi connectivity index (χ1n) is 4.06. The summed E-state index contributed by atoms with van der Waals surface area (Å²) >= 11 is 0. The average Bonchev–Trinajstić information content (AvgIpc) is 2.70. The number of nitrogens with zero attached hydrogens (tertiary/aromatic N) is 3. The number of aliphatic imine (C=N–C) groups is 1. The van der Waals surface area contributed by atoms with Crippen LogP contribution in [0, 0.1) is 10.1 Å². The molecule has 0 N–H and O–H groups in total. The van der Waals surface area contributed by atoms with Crippen molar-refractivity contribution in [1.29, 1.82) is 0 Å². The molecular formula is C8H7N3O3. The molecule has 0 spiro atoms. The Balaban J connectivity index is 2.46. The Labute approximate surface area is 79.4 Å². The third kappa shape index (κ3) is 1.41. The smallest absolute Gasteiger partial charge is 0.300 e. The van der Waals surface area contributed by atoms with E-state index in [1.54, 1.807) is 0 Å². The maximum absolute atomic E-state index is 10.6. The van der Waals surface area contributed by atoms with Gasteiger partial charge in [-0.3, -0.25) is 10.1 Å². The zero-order valence-electron chi connectivity index (χ0n) is 7.21. The van der Waals surface area contributed by atoms with Crippen molar-refractivity contribution in [3.63, 3.8) is 0 Å². The monoisotopic (exact) mass is 193 g/mol. The van der Waals surface area contributed by atoms with Crippen molar-refractivity contribution in [1.82, 2.24) is 4.98 Å². The van der Waals surface area contributed by atoms with E-state index in [9.17, 15) is 10.1 Å². The van der Waals surface area contributed by atoms with Crippen LogP contribution in [0.25, 0.3) is 0 Å². The molecule has 0 aliphatic carbocycles. The Morgan fingerprint density at radius 3 is 3.07 bits per heavy atom. The molecule has 0 radical (unpaired) electrons.